The van der Waals surface area contributed by atoms with Crippen molar-refractivity contribution < 1.29 is 9.59 Å². The number of anilines is 2. The Morgan fingerprint density at radius 3 is 2.56 bits per heavy atom. The van der Waals surface area contributed by atoms with E-state index in [2.05, 4.69) is 9.97 Å². The Balaban J connectivity index is 2.16. The van der Waals surface area contributed by atoms with Gasteiger partial charge in [0.15, 0.2) is 5.82 Å². The molecule has 88 valence electrons. The van der Waals surface area contributed by atoms with E-state index in [4.69, 9.17) is 5.73 Å². The summed E-state index contributed by atoms with van der Waals surface area (Å²) in [4.78, 5) is 33.1. The molecule has 3 heterocycles. The highest BCUT2D eigenvalue weighted by atomic mass is 16.2. The third-order valence-corrected chi connectivity index (χ3v) is 2.72. The number of aromatic nitrogens is 2. The number of nitrogens with zero attached hydrogens (tertiary/aromatic N) is 3. The summed E-state index contributed by atoms with van der Waals surface area (Å²) in [5.41, 5.74) is 6.60. The van der Waals surface area contributed by atoms with Gasteiger partial charge in [0.1, 0.15) is 0 Å². The van der Waals surface area contributed by atoms with E-state index in [-0.39, 0.29) is 17.1 Å². The lowest BCUT2D eigenvalue weighted by atomic mass is 10.2. The van der Waals surface area contributed by atoms with E-state index in [9.17, 15) is 9.59 Å². The van der Waals surface area contributed by atoms with Crippen LogP contribution in [-0.2, 0) is 0 Å². The predicted molar refractivity (Wildman–Crippen MR) is 64.0 cm³/mol. The van der Waals surface area contributed by atoms with Crippen molar-refractivity contribution in [2.75, 3.05) is 10.6 Å². The minimum absolute atomic E-state index is 0.156. The minimum atomic E-state index is -0.450. The third-order valence-electron chi connectivity index (χ3n) is 2.72. The molecule has 2 amide bonds. The van der Waals surface area contributed by atoms with Crippen LogP contribution in [0.1, 0.15) is 20.7 Å². The van der Waals surface area contributed by atoms with Crippen molar-refractivity contribution in [2.45, 2.75) is 0 Å². The number of nitrogens with two attached hydrogens (primary N) is 1. The van der Waals surface area contributed by atoms with Crippen molar-refractivity contribution >= 4 is 23.3 Å². The molecule has 2 aromatic heterocycles. The normalized spacial score (nSPS) is 13.9. The standard InChI is InChI=1S/C12H8N4O2/c13-9-2-1-4-15-10(9)16-11(17)7-3-5-14-6-8(7)12(16)18/h1-6H,13H2. The maximum absolute atomic E-state index is 12.1. The van der Waals surface area contributed by atoms with Crippen LogP contribution in [0.15, 0.2) is 36.8 Å². The number of hydrogen-bond acceptors (Lipinski definition) is 5. The molecule has 2 aromatic rings. The molecule has 1 aliphatic rings. The van der Waals surface area contributed by atoms with Crippen LogP contribution >= 0.6 is 0 Å². The Labute approximate surface area is 102 Å². The Kier molecular flexibility index (Phi) is 2.09. The van der Waals surface area contributed by atoms with Crippen LogP contribution in [0.25, 0.3) is 0 Å². The van der Waals surface area contributed by atoms with E-state index in [1.54, 1.807) is 12.1 Å². The van der Waals surface area contributed by atoms with Crippen molar-refractivity contribution in [3.05, 3.63) is 47.9 Å². The van der Waals surface area contributed by atoms with E-state index in [1.807, 2.05) is 0 Å². The van der Waals surface area contributed by atoms with Gasteiger partial charge in [-0.3, -0.25) is 14.6 Å². The molecule has 0 spiro atoms. The van der Waals surface area contributed by atoms with Crippen LogP contribution in [0, 0.1) is 0 Å². The van der Waals surface area contributed by atoms with Gasteiger partial charge in [-0.25, -0.2) is 9.88 Å². The van der Waals surface area contributed by atoms with Crippen LogP contribution in [0.4, 0.5) is 11.5 Å². The first kappa shape index (κ1) is 10.4. The van der Waals surface area contributed by atoms with Crippen LogP contribution in [0.2, 0.25) is 0 Å². The first-order valence-electron chi connectivity index (χ1n) is 5.23. The fraction of sp³-hybridized carbons (Fsp3) is 0. The molecule has 0 bridgehead atoms. The molecule has 18 heavy (non-hydrogen) atoms. The highest BCUT2D eigenvalue weighted by Crippen LogP contribution is 2.29. The fourth-order valence-electron chi connectivity index (χ4n) is 1.87. The SMILES string of the molecule is Nc1cccnc1N1C(=O)c2ccncc2C1=O. The Bertz CT molecular complexity index is 634. The zero-order chi connectivity index (χ0) is 12.7. The summed E-state index contributed by atoms with van der Waals surface area (Å²) in [6, 6.07) is 4.73. The smallest absolute Gasteiger partial charge is 0.269 e. The number of rotatable bonds is 1. The summed E-state index contributed by atoms with van der Waals surface area (Å²) < 4.78 is 0. The van der Waals surface area contributed by atoms with Gasteiger partial charge in [-0.1, -0.05) is 0 Å². The number of fused-ring (bicyclic) bond motifs is 1. The Morgan fingerprint density at radius 2 is 1.83 bits per heavy atom. The van der Waals surface area contributed by atoms with E-state index in [1.165, 1.54) is 24.7 Å². The van der Waals surface area contributed by atoms with E-state index in [0.29, 0.717) is 5.56 Å². The van der Waals surface area contributed by atoms with Crippen molar-refractivity contribution in [2.24, 2.45) is 0 Å². The van der Waals surface area contributed by atoms with E-state index in [0.717, 1.165) is 4.90 Å². The maximum atomic E-state index is 12.1. The largest absolute Gasteiger partial charge is 0.396 e. The summed E-state index contributed by atoms with van der Waals surface area (Å²) >= 11 is 0. The second-order valence-corrected chi connectivity index (χ2v) is 3.78. The number of carbonyl (C=O) groups excluding carboxylic acids is 2. The molecule has 0 aliphatic carbocycles. The molecule has 0 saturated carbocycles. The number of pyridine rings is 2. The number of carbonyl (C=O) groups is 2. The maximum Gasteiger partial charge on any atom is 0.269 e. The third kappa shape index (κ3) is 1.29. The average Bonchev–Trinajstić information content (AvgIpc) is 2.64. The lowest BCUT2D eigenvalue weighted by Gasteiger charge is -2.14. The van der Waals surface area contributed by atoms with E-state index >= 15 is 0 Å². The summed E-state index contributed by atoms with van der Waals surface area (Å²) in [5, 5.41) is 0. The first-order valence-corrected chi connectivity index (χ1v) is 5.23. The van der Waals surface area contributed by atoms with Crippen LogP contribution in [0.5, 0.6) is 0 Å². The van der Waals surface area contributed by atoms with Gasteiger partial charge in [-0.2, -0.15) is 0 Å². The van der Waals surface area contributed by atoms with Gasteiger partial charge in [-0.05, 0) is 18.2 Å². The highest BCUT2D eigenvalue weighted by molar-refractivity contribution is 6.34. The zero-order valence-corrected chi connectivity index (χ0v) is 9.20. The summed E-state index contributed by atoms with van der Waals surface area (Å²) in [7, 11) is 0. The van der Waals surface area contributed by atoms with Crippen molar-refractivity contribution in [3.63, 3.8) is 0 Å². The molecule has 0 atom stereocenters. The number of amides is 2. The van der Waals surface area contributed by atoms with Crippen molar-refractivity contribution in [1.82, 2.24) is 9.97 Å². The highest BCUT2D eigenvalue weighted by Gasteiger charge is 2.38. The molecule has 0 saturated heterocycles. The molecule has 2 N–H and O–H groups in total. The lowest BCUT2D eigenvalue weighted by molar-refractivity contribution is 0.0925. The monoisotopic (exact) mass is 240 g/mol. The summed E-state index contributed by atoms with van der Waals surface area (Å²) in [6.07, 6.45) is 4.32. The molecule has 6 nitrogen and oxygen atoms in total. The van der Waals surface area contributed by atoms with Crippen molar-refractivity contribution in [3.8, 4) is 0 Å². The van der Waals surface area contributed by atoms with Gasteiger partial charge in [-0.15, -0.1) is 0 Å². The van der Waals surface area contributed by atoms with Gasteiger partial charge >= 0.3 is 0 Å². The second-order valence-electron chi connectivity index (χ2n) is 3.78. The number of hydrogen-bond donors (Lipinski definition) is 1. The Hall–Kier alpha value is -2.76. The second kappa shape index (κ2) is 3.63. The first-order chi connectivity index (χ1) is 8.70. The molecule has 0 radical (unpaired) electrons. The van der Waals surface area contributed by atoms with Crippen LogP contribution in [0.3, 0.4) is 0 Å². The summed E-state index contributed by atoms with van der Waals surface area (Å²) in [5.74, 6) is -0.722. The summed E-state index contributed by atoms with van der Waals surface area (Å²) in [6.45, 7) is 0. The molecule has 0 fully saturated rings. The quantitative estimate of drug-likeness (QED) is 0.746. The van der Waals surface area contributed by atoms with Crippen LogP contribution < -0.4 is 10.6 Å². The predicted octanol–water partition coefficient (Wildman–Crippen LogP) is 0.859. The van der Waals surface area contributed by atoms with Gasteiger partial charge in [0.2, 0.25) is 0 Å². The number of nitrogen functional groups attached to an aromatic ring is 1. The molecule has 6 heteroatoms. The van der Waals surface area contributed by atoms with Gasteiger partial charge < -0.3 is 5.73 Å². The van der Waals surface area contributed by atoms with Crippen molar-refractivity contribution in [1.29, 1.82) is 0 Å². The molecular weight excluding hydrogens is 232 g/mol. The molecule has 3 rings (SSSR count). The van der Waals surface area contributed by atoms with Gasteiger partial charge in [0, 0.05) is 18.6 Å². The topological polar surface area (TPSA) is 89.2 Å². The minimum Gasteiger partial charge on any atom is -0.396 e. The Morgan fingerprint density at radius 1 is 1.06 bits per heavy atom. The number of imide groups is 1. The molecule has 0 unspecified atom stereocenters. The molecule has 0 aromatic carbocycles. The average molecular weight is 240 g/mol. The molecular formula is C12H8N4O2. The lowest BCUT2D eigenvalue weighted by Crippen LogP contribution is -2.30. The van der Waals surface area contributed by atoms with Gasteiger partial charge in [0.25, 0.3) is 11.8 Å². The molecule has 1 aliphatic heterocycles. The zero-order valence-electron chi connectivity index (χ0n) is 9.20. The van der Waals surface area contributed by atoms with E-state index < -0.39 is 11.8 Å². The fourth-order valence-corrected chi connectivity index (χ4v) is 1.87. The van der Waals surface area contributed by atoms with Crippen LogP contribution in [-0.4, -0.2) is 21.8 Å². The van der Waals surface area contributed by atoms with Gasteiger partial charge in [0.05, 0.1) is 16.8 Å².